The second-order valence-electron chi connectivity index (χ2n) is 8.62. The Labute approximate surface area is 210 Å². The number of carbonyl (C=O) groups is 2. The molecule has 0 aliphatic carbocycles. The second kappa shape index (κ2) is 11.7. The van der Waals surface area contributed by atoms with E-state index in [9.17, 15) is 9.59 Å². The molecule has 0 bridgehead atoms. The fourth-order valence-electron chi connectivity index (χ4n) is 4.52. The number of esters is 1. The van der Waals surface area contributed by atoms with Gasteiger partial charge in [0, 0.05) is 24.1 Å². The maximum atomic E-state index is 13.3. The topological polar surface area (TPSA) is 104 Å². The molecule has 2 heterocycles. The Kier molecular flexibility index (Phi) is 8.20. The number of carbonyl (C=O) groups excluding carboxylic acids is 2. The van der Waals surface area contributed by atoms with Crippen LogP contribution in [0, 0.1) is 5.92 Å². The molecular weight excluding hydrogens is 462 g/mol. The molecule has 4 rings (SSSR count). The summed E-state index contributed by atoms with van der Waals surface area (Å²) in [5.74, 6) is 0.940. The number of ether oxygens (including phenoxy) is 3. The van der Waals surface area contributed by atoms with Crippen LogP contribution in [0.1, 0.15) is 50.1 Å². The number of aromatic nitrogens is 2. The first-order valence-electron chi connectivity index (χ1n) is 12.1. The summed E-state index contributed by atoms with van der Waals surface area (Å²) in [5.41, 5.74) is 1.52. The Balaban J connectivity index is 1.52. The van der Waals surface area contributed by atoms with Gasteiger partial charge in [-0.3, -0.25) is 9.59 Å². The number of hydrogen-bond donors (Lipinski definition) is 0. The molecule has 0 spiro atoms. The number of para-hydroxylation sites is 1. The van der Waals surface area contributed by atoms with E-state index in [-0.39, 0.29) is 24.8 Å². The Morgan fingerprint density at radius 1 is 1.14 bits per heavy atom. The van der Waals surface area contributed by atoms with Crippen molar-refractivity contribution in [3.05, 3.63) is 60.0 Å². The van der Waals surface area contributed by atoms with E-state index in [1.54, 1.807) is 25.2 Å². The van der Waals surface area contributed by atoms with Crippen LogP contribution in [0.4, 0.5) is 0 Å². The number of rotatable bonds is 10. The molecule has 1 saturated heterocycles. The molecule has 9 heteroatoms. The number of unbranched alkanes of at least 4 members (excludes halogenated alkanes) is 1. The standard InChI is InChI=1S/C27H31N3O6/c1-4-5-15-30-24(31)14-13-21(25(30)20-11-6-7-12-22(20)34-3)27(32)35-17-23-28-26(29-36-23)18-9-8-10-19(16-18)33-2/h6-12,16,21,25H,4-5,13-15,17H2,1-3H3. The molecular formula is C27H31N3O6. The third-order valence-electron chi connectivity index (χ3n) is 6.35. The lowest BCUT2D eigenvalue weighted by atomic mass is 9.83. The van der Waals surface area contributed by atoms with Crippen LogP contribution >= 0.6 is 0 Å². The van der Waals surface area contributed by atoms with Crippen LogP contribution in [-0.2, 0) is 20.9 Å². The summed E-state index contributed by atoms with van der Waals surface area (Å²) < 4.78 is 21.8. The molecule has 1 aliphatic heterocycles. The molecule has 36 heavy (non-hydrogen) atoms. The highest BCUT2D eigenvalue weighted by molar-refractivity contribution is 5.82. The fraction of sp³-hybridized carbons (Fsp3) is 0.407. The first-order chi connectivity index (χ1) is 17.5. The molecule has 1 amide bonds. The molecule has 9 nitrogen and oxygen atoms in total. The smallest absolute Gasteiger partial charge is 0.311 e. The zero-order valence-corrected chi connectivity index (χ0v) is 20.8. The van der Waals surface area contributed by atoms with E-state index in [1.807, 2.05) is 42.5 Å². The summed E-state index contributed by atoms with van der Waals surface area (Å²) in [4.78, 5) is 32.4. The van der Waals surface area contributed by atoms with Gasteiger partial charge < -0.3 is 23.6 Å². The molecule has 1 aromatic heterocycles. The van der Waals surface area contributed by atoms with E-state index in [1.165, 1.54) is 0 Å². The number of benzene rings is 2. The fourth-order valence-corrected chi connectivity index (χ4v) is 4.52. The predicted octanol–water partition coefficient (Wildman–Crippen LogP) is 4.58. The van der Waals surface area contributed by atoms with Crippen LogP contribution in [-0.4, -0.2) is 47.7 Å². The lowest BCUT2D eigenvalue weighted by Crippen LogP contribution is -2.46. The van der Waals surface area contributed by atoms with Crippen LogP contribution in [0.25, 0.3) is 11.4 Å². The minimum Gasteiger partial charge on any atom is -0.497 e. The van der Waals surface area contributed by atoms with E-state index in [0.29, 0.717) is 30.3 Å². The van der Waals surface area contributed by atoms with Gasteiger partial charge in [-0.15, -0.1) is 0 Å². The normalized spacial score (nSPS) is 17.6. The third kappa shape index (κ3) is 5.50. The van der Waals surface area contributed by atoms with Gasteiger partial charge in [-0.1, -0.05) is 48.8 Å². The van der Waals surface area contributed by atoms with Crippen molar-refractivity contribution >= 4 is 11.9 Å². The van der Waals surface area contributed by atoms with Crippen molar-refractivity contribution in [3.63, 3.8) is 0 Å². The number of hydrogen-bond acceptors (Lipinski definition) is 8. The molecule has 0 N–H and O–H groups in total. The van der Waals surface area contributed by atoms with Crippen molar-refractivity contribution < 1.29 is 28.3 Å². The van der Waals surface area contributed by atoms with Gasteiger partial charge in [-0.2, -0.15) is 4.98 Å². The molecule has 2 atom stereocenters. The van der Waals surface area contributed by atoms with Crippen LogP contribution < -0.4 is 9.47 Å². The Morgan fingerprint density at radius 3 is 2.75 bits per heavy atom. The molecule has 3 aromatic rings. The van der Waals surface area contributed by atoms with Gasteiger partial charge in [0.05, 0.1) is 26.2 Å². The highest BCUT2D eigenvalue weighted by Crippen LogP contribution is 2.41. The van der Waals surface area contributed by atoms with Crippen molar-refractivity contribution in [1.29, 1.82) is 0 Å². The first kappa shape index (κ1) is 25.2. The van der Waals surface area contributed by atoms with E-state index < -0.39 is 17.9 Å². The highest BCUT2D eigenvalue weighted by atomic mass is 16.6. The van der Waals surface area contributed by atoms with Crippen molar-refractivity contribution in [2.45, 2.75) is 45.3 Å². The lowest BCUT2D eigenvalue weighted by Gasteiger charge is -2.40. The maximum absolute atomic E-state index is 13.3. The number of methoxy groups -OCH3 is 2. The monoisotopic (exact) mass is 493 g/mol. The van der Waals surface area contributed by atoms with E-state index in [0.717, 1.165) is 24.0 Å². The van der Waals surface area contributed by atoms with Gasteiger partial charge in [0.15, 0.2) is 6.61 Å². The molecule has 1 fully saturated rings. The average molecular weight is 494 g/mol. The number of nitrogens with zero attached hydrogens (tertiary/aromatic N) is 3. The Morgan fingerprint density at radius 2 is 1.97 bits per heavy atom. The number of likely N-dealkylation sites (tertiary alicyclic amines) is 1. The van der Waals surface area contributed by atoms with E-state index in [4.69, 9.17) is 18.7 Å². The number of piperidine rings is 1. The second-order valence-corrected chi connectivity index (χ2v) is 8.62. The number of amides is 1. The molecule has 190 valence electrons. The van der Waals surface area contributed by atoms with Crippen LogP contribution in [0.2, 0.25) is 0 Å². The largest absolute Gasteiger partial charge is 0.497 e. The molecule has 0 radical (unpaired) electrons. The summed E-state index contributed by atoms with van der Waals surface area (Å²) in [6.45, 7) is 2.48. The van der Waals surface area contributed by atoms with Gasteiger partial charge in [0.1, 0.15) is 11.5 Å². The average Bonchev–Trinajstić information content (AvgIpc) is 3.40. The van der Waals surface area contributed by atoms with Crippen molar-refractivity contribution in [3.8, 4) is 22.9 Å². The van der Waals surface area contributed by atoms with Gasteiger partial charge >= 0.3 is 5.97 Å². The van der Waals surface area contributed by atoms with Crippen LogP contribution in [0.15, 0.2) is 53.1 Å². The van der Waals surface area contributed by atoms with E-state index >= 15 is 0 Å². The quantitative estimate of drug-likeness (QED) is 0.378. The minimum atomic E-state index is -0.545. The highest BCUT2D eigenvalue weighted by Gasteiger charge is 2.42. The summed E-state index contributed by atoms with van der Waals surface area (Å²) in [6, 6.07) is 14.3. The van der Waals surface area contributed by atoms with Gasteiger partial charge in [-0.25, -0.2) is 0 Å². The summed E-state index contributed by atoms with van der Waals surface area (Å²) >= 11 is 0. The van der Waals surface area contributed by atoms with Crippen LogP contribution in [0.5, 0.6) is 11.5 Å². The zero-order chi connectivity index (χ0) is 25.5. The molecule has 1 aliphatic rings. The van der Waals surface area contributed by atoms with Crippen molar-refractivity contribution in [2.75, 3.05) is 20.8 Å². The lowest BCUT2D eigenvalue weighted by molar-refractivity contribution is -0.159. The molecule has 0 saturated carbocycles. The van der Waals surface area contributed by atoms with Gasteiger partial charge in [0.2, 0.25) is 11.7 Å². The zero-order valence-electron chi connectivity index (χ0n) is 20.8. The predicted molar refractivity (Wildman–Crippen MR) is 131 cm³/mol. The van der Waals surface area contributed by atoms with E-state index in [2.05, 4.69) is 17.1 Å². The van der Waals surface area contributed by atoms with Crippen molar-refractivity contribution in [1.82, 2.24) is 15.0 Å². The molecule has 2 aromatic carbocycles. The van der Waals surface area contributed by atoms with Crippen molar-refractivity contribution in [2.24, 2.45) is 5.92 Å². The Bertz CT molecular complexity index is 1190. The SMILES string of the molecule is CCCCN1C(=O)CCC(C(=O)OCc2nc(-c3cccc(OC)c3)no2)C1c1ccccc1OC. The first-order valence-corrected chi connectivity index (χ1v) is 12.1. The maximum Gasteiger partial charge on any atom is 0.311 e. The Hall–Kier alpha value is -3.88. The van der Waals surface area contributed by atoms with Gasteiger partial charge in [-0.05, 0) is 31.0 Å². The third-order valence-corrected chi connectivity index (χ3v) is 6.35. The summed E-state index contributed by atoms with van der Waals surface area (Å²) in [7, 11) is 3.17. The summed E-state index contributed by atoms with van der Waals surface area (Å²) in [5, 5.41) is 3.99. The summed E-state index contributed by atoms with van der Waals surface area (Å²) in [6.07, 6.45) is 2.45. The minimum absolute atomic E-state index is 0.0308. The van der Waals surface area contributed by atoms with Crippen LogP contribution in [0.3, 0.4) is 0 Å². The molecule has 2 unspecified atom stereocenters. The van der Waals surface area contributed by atoms with Gasteiger partial charge in [0.25, 0.3) is 5.89 Å².